The number of rotatable bonds is 4. The van der Waals surface area contributed by atoms with Crippen molar-refractivity contribution in [2.24, 2.45) is 11.7 Å². The van der Waals surface area contributed by atoms with E-state index >= 15 is 0 Å². The Hall–Kier alpha value is -1.02. The zero-order valence-electron chi connectivity index (χ0n) is 10.9. The summed E-state index contributed by atoms with van der Waals surface area (Å²) >= 11 is 0. The molecule has 2 heteroatoms. The van der Waals surface area contributed by atoms with Gasteiger partial charge >= 0.3 is 0 Å². The van der Waals surface area contributed by atoms with Crippen molar-refractivity contribution in [1.29, 1.82) is 0 Å². The first-order valence-corrected chi connectivity index (χ1v) is 6.67. The van der Waals surface area contributed by atoms with Gasteiger partial charge in [-0.15, -0.1) is 0 Å². The number of benzene rings is 1. The highest BCUT2D eigenvalue weighted by Gasteiger charge is 2.27. The second kappa shape index (κ2) is 5.54. The molecule has 2 nitrogen and oxygen atoms in total. The molecule has 0 spiro atoms. The van der Waals surface area contributed by atoms with Gasteiger partial charge in [0.1, 0.15) is 11.9 Å². The summed E-state index contributed by atoms with van der Waals surface area (Å²) in [5.74, 6) is 2.10. The molecule has 17 heavy (non-hydrogen) atoms. The van der Waals surface area contributed by atoms with Crippen molar-refractivity contribution in [3.63, 3.8) is 0 Å². The SMILES string of the molecule is CC(C)c1ccc(OC2CCCC2CN)cc1. The zero-order chi connectivity index (χ0) is 12.3. The third kappa shape index (κ3) is 3.01. The monoisotopic (exact) mass is 233 g/mol. The van der Waals surface area contributed by atoms with E-state index in [0.29, 0.717) is 17.9 Å². The molecule has 1 aromatic carbocycles. The fraction of sp³-hybridized carbons (Fsp3) is 0.600. The molecule has 0 radical (unpaired) electrons. The van der Waals surface area contributed by atoms with Gasteiger partial charge in [0.05, 0.1) is 0 Å². The molecular formula is C15H23NO. The summed E-state index contributed by atoms with van der Waals surface area (Å²) in [6, 6.07) is 8.49. The fourth-order valence-electron chi connectivity index (χ4n) is 2.53. The average molecular weight is 233 g/mol. The Morgan fingerprint density at radius 3 is 2.53 bits per heavy atom. The molecule has 0 heterocycles. The molecule has 1 saturated carbocycles. The minimum absolute atomic E-state index is 0.324. The van der Waals surface area contributed by atoms with Crippen LogP contribution in [0.1, 0.15) is 44.6 Å². The minimum atomic E-state index is 0.324. The molecular weight excluding hydrogens is 210 g/mol. The Kier molecular flexibility index (Phi) is 4.06. The maximum Gasteiger partial charge on any atom is 0.119 e. The molecule has 2 rings (SSSR count). The Labute approximate surface area is 104 Å². The number of hydrogen-bond donors (Lipinski definition) is 1. The lowest BCUT2D eigenvalue weighted by atomic mass is 10.0. The average Bonchev–Trinajstić information content (AvgIpc) is 2.77. The van der Waals surface area contributed by atoms with Crippen LogP contribution < -0.4 is 10.5 Å². The summed E-state index contributed by atoms with van der Waals surface area (Å²) in [5.41, 5.74) is 7.12. The molecule has 0 amide bonds. The highest BCUT2D eigenvalue weighted by atomic mass is 16.5. The first-order valence-electron chi connectivity index (χ1n) is 6.67. The van der Waals surface area contributed by atoms with E-state index in [9.17, 15) is 0 Å². The van der Waals surface area contributed by atoms with Crippen molar-refractivity contribution >= 4 is 0 Å². The van der Waals surface area contributed by atoms with Gasteiger partial charge < -0.3 is 10.5 Å². The first kappa shape index (κ1) is 12.4. The molecule has 2 N–H and O–H groups in total. The van der Waals surface area contributed by atoms with Crippen LogP contribution in [0.15, 0.2) is 24.3 Å². The summed E-state index contributed by atoms with van der Waals surface area (Å²) in [6.45, 7) is 5.16. The molecule has 1 aliphatic carbocycles. The van der Waals surface area contributed by atoms with Crippen LogP contribution in [0.3, 0.4) is 0 Å². The molecule has 2 atom stereocenters. The second-order valence-corrected chi connectivity index (χ2v) is 5.31. The van der Waals surface area contributed by atoms with Gasteiger partial charge in [-0.1, -0.05) is 26.0 Å². The Morgan fingerprint density at radius 2 is 1.94 bits per heavy atom. The van der Waals surface area contributed by atoms with Gasteiger partial charge in [0, 0.05) is 5.92 Å². The molecule has 0 saturated heterocycles. The van der Waals surface area contributed by atoms with Gasteiger partial charge in [-0.25, -0.2) is 0 Å². The minimum Gasteiger partial charge on any atom is -0.490 e. The van der Waals surface area contributed by atoms with E-state index in [-0.39, 0.29) is 0 Å². The largest absolute Gasteiger partial charge is 0.490 e. The highest BCUT2D eigenvalue weighted by molar-refractivity contribution is 5.29. The molecule has 1 fully saturated rings. The van der Waals surface area contributed by atoms with Crippen molar-refractivity contribution in [2.75, 3.05) is 6.54 Å². The predicted octanol–water partition coefficient (Wildman–Crippen LogP) is 3.32. The number of hydrogen-bond acceptors (Lipinski definition) is 2. The van der Waals surface area contributed by atoms with Crippen LogP contribution in [-0.4, -0.2) is 12.6 Å². The maximum absolute atomic E-state index is 6.03. The van der Waals surface area contributed by atoms with Gasteiger partial charge in [-0.2, -0.15) is 0 Å². The molecule has 1 aliphatic rings. The summed E-state index contributed by atoms with van der Waals surface area (Å²) in [4.78, 5) is 0. The lowest BCUT2D eigenvalue weighted by molar-refractivity contribution is 0.162. The molecule has 0 bridgehead atoms. The fourth-order valence-corrected chi connectivity index (χ4v) is 2.53. The van der Waals surface area contributed by atoms with Crippen LogP contribution in [0.5, 0.6) is 5.75 Å². The van der Waals surface area contributed by atoms with Crippen LogP contribution >= 0.6 is 0 Å². The Bertz CT molecular complexity index is 344. The van der Waals surface area contributed by atoms with E-state index < -0.39 is 0 Å². The lowest BCUT2D eigenvalue weighted by Gasteiger charge is -2.20. The smallest absolute Gasteiger partial charge is 0.119 e. The van der Waals surface area contributed by atoms with Crippen molar-refractivity contribution in [1.82, 2.24) is 0 Å². The van der Waals surface area contributed by atoms with E-state index in [4.69, 9.17) is 10.5 Å². The highest BCUT2D eigenvalue weighted by Crippen LogP contribution is 2.29. The van der Waals surface area contributed by atoms with Crippen LogP contribution in [-0.2, 0) is 0 Å². The summed E-state index contributed by atoms with van der Waals surface area (Å²) in [5, 5.41) is 0. The number of nitrogens with two attached hydrogens (primary N) is 1. The van der Waals surface area contributed by atoms with E-state index in [2.05, 4.69) is 38.1 Å². The van der Waals surface area contributed by atoms with Crippen LogP contribution in [0, 0.1) is 5.92 Å². The van der Waals surface area contributed by atoms with Crippen molar-refractivity contribution in [3.05, 3.63) is 29.8 Å². The van der Waals surface area contributed by atoms with Crippen molar-refractivity contribution < 1.29 is 4.74 Å². The molecule has 0 aromatic heterocycles. The second-order valence-electron chi connectivity index (χ2n) is 5.31. The third-order valence-corrected chi connectivity index (χ3v) is 3.73. The van der Waals surface area contributed by atoms with Crippen LogP contribution in [0.2, 0.25) is 0 Å². The zero-order valence-corrected chi connectivity index (χ0v) is 10.9. The van der Waals surface area contributed by atoms with E-state index in [1.54, 1.807) is 0 Å². The Morgan fingerprint density at radius 1 is 1.24 bits per heavy atom. The van der Waals surface area contributed by atoms with Crippen LogP contribution in [0.4, 0.5) is 0 Å². The lowest BCUT2D eigenvalue weighted by Crippen LogP contribution is -2.27. The predicted molar refractivity (Wildman–Crippen MR) is 71.3 cm³/mol. The number of ether oxygens (including phenoxy) is 1. The first-order chi connectivity index (χ1) is 8.20. The van der Waals surface area contributed by atoms with Crippen molar-refractivity contribution in [3.8, 4) is 5.75 Å². The quantitative estimate of drug-likeness (QED) is 0.866. The topological polar surface area (TPSA) is 35.2 Å². The van der Waals surface area contributed by atoms with Gasteiger partial charge in [0.15, 0.2) is 0 Å². The normalized spacial score (nSPS) is 24.2. The van der Waals surface area contributed by atoms with Gasteiger partial charge in [0.2, 0.25) is 0 Å². The molecule has 1 aromatic rings. The maximum atomic E-state index is 6.03. The van der Waals surface area contributed by atoms with E-state index in [1.165, 1.54) is 18.4 Å². The van der Waals surface area contributed by atoms with Gasteiger partial charge in [-0.3, -0.25) is 0 Å². The van der Waals surface area contributed by atoms with E-state index in [1.807, 2.05) is 0 Å². The van der Waals surface area contributed by atoms with Gasteiger partial charge in [0.25, 0.3) is 0 Å². The molecule has 94 valence electrons. The third-order valence-electron chi connectivity index (χ3n) is 3.73. The molecule has 0 aliphatic heterocycles. The summed E-state index contributed by atoms with van der Waals surface area (Å²) in [6.07, 6.45) is 3.93. The molecule has 2 unspecified atom stereocenters. The summed E-state index contributed by atoms with van der Waals surface area (Å²) < 4.78 is 6.03. The van der Waals surface area contributed by atoms with Gasteiger partial charge in [-0.05, 0) is 49.4 Å². The standard InChI is InChI=1S/C15H23NO/c1-11(2)12-6-8-14(9-7-12)17-15-5-3-4-13(15)10-16/h6-9,11,13,15H,3-5,10,16H2,1-2H3. The summed E-state index contributed by atoms with van der Waals surface area (Å²) in [7, 11) is 0. The Balaban J connectivity index is 1.99. The van der Waals surface area contributed by atoms with Crippen molar-refractivity contribution in [2.45, 2.75) is 45.1 Å². The van der Waals surface area contributed by atoms with E-state index in [0.717, 1.165) is 18.7 Å². The van der Waals surface area contributed by atoms with Crippen LogP contribution in [0.25, 0.3) is 0 Å².